The minimum absolute atomic E-state index is 0.0629. The number of hydrogen-bond donors (Lipinski definition) is 1. The molecule has 0 amide bonds. The van der Waals surface area contributed by atoms with Crippen molar-refractivity contribution in [3.8, 4) is 0 Å². The molecule has 1 N–H and O–H groups in total. The molecule has 172 valence electrons. The summed E-state index contributed by atoms with van der Waals surface area (Å²) < 4.78 is 18.3. The van der Waals surface area contributed by atoms with E-state index in [1.165, 1.54) is 6.92 Å². The van der Waals surface area contributed by atoms with Crippen molar-refractivity contribution in [3.63, 3.8) is 0 Å². The van der Waals surface area contributed by atoms with Crippen LogP contribution in [0.5, 0.6) is 0 Å². The zero-order valence-electron chi connectivity index (χ0n) is 19.2. The van der Waals surface area contributed by atoms with E-state index in [4.69, 9.17) is 14.2 Å². The Kier molecular flexibility index (Phi) is 6.77. The molecule has 3 aromatic rings. The van der Waals surface area contributed by atoms with Gasteiger partial charge in [0.15, 0.2) is 11.6 Å². The first-order valence-corrected chi connectivity index (χ1v) is 11.2. The molecule has 1 saturated heterocycles. The van der Waals surface area contributed by atoms with Gasteiger partial charge in [-0.25, -0.2) is 0 Å². The number of rotatable bonds is 8. The van der Waals surface area contributed by atoms with Crippen molar-refractivity contribution < 1.29 is 24.1 Å². The van der Waals surface area contributed by atoms with E-state index in [0.717, 1.165) is 16.7 Å². The van der Waals surface area contributed by atoms with E-state index in [1.54, 1.807) is 13.8 Å². The molecule has 3 aromatic carbocycles. The minimum Gasteiger partial charge on any atom is -0.388 e. The lowest BCUT2D eigenvalue weighted by molar-refractivity contribution is -0.163. The zero-order valence-corrected chi connectivity index (χ0v) is 19.2. The van der Waals surface area contributed by atoms with E-state index in [0.29, 0.717) is 0 Å². The molecule has 1 unspecified atom stereocenters. The molecule has 5 nitrogen and oxygen atoms in total. The van der Waals surface area contributed by atoms with Gasteiger partial charge in [-0.2, -0.15) is 0 Å². The number of carbonyl (C=O) groups is 1. The number of carbonyl (C=O) groups excluding carboxylic acids is 1. The lowest BCUT2D eigenvalue weighted by Gasteiger charge is -2.37. The van der Waals surface area contributed by atoms with Gasteiger partial charge in [-0.3, -0.25) is 4.79 Å². The third-order valence-electron chi connectivity index (χ3n) is 5.92. The lowest BCUT2D eigenvalue weighted by Crippen LogP contribution is -2.44. The second-order valence-corrected chi connectivity index (χ2v) is 8.79. The molecule has 0 radical (unpaired) electrons. The number of aliphatic hydroxyl groups excluding tert-OH is 1. The Bertz CT molecular complexity index is 953. The summed E-state index contributed by atoms with van der Waals surface area (Å²) in [5.74, 6) is -1.15. The Morgan fingerprint density at radius 1 is 0.879 bits per heavy atom. The Morgan fingerprint density at radius 2 is 1.30 bits per heavy atom. The average molecular weight is 447 g/mol. The average Bonchev–Trinajstić information content (AvgIpc) is 3.17. The maximum atomic E-state index is 12.2. The van der Waals surface area contributed by atoms with Gasteiger partial charge in [-0.1, -0.05) is 91.0 Å². The number of hydrogen-bond acceptors (Lipinski definition) is 5. The highest BCUT2D eigenvalue weighted by atomic mass is 16.8. The first-order chi connectivity index (χ1) is 15.8. The van der Waals surface area contributed by atoms with Gasteiger partial charge in [0.25, 0.3) is 0 Å². The lowest BCUT2D eigenvalue weighted by atomic mass is 9.80. The quantitative estimate of drug-likeness (QED) is 0.518. The highest BCUT2D eigenvalue weighted by molar-refractivity contribution is 5.81. The van der Waals surface area contributed by atoms with E-state index >= 15 is 0 Å². The molecule has 1 fully saturated rings. The molecule has 5 heteroatoms. The van der Waals surface area contributed by atoms with Crippen LogP contribution < -0.4 is 0 Å². The van der Waals surface area contributed by atoms with Crippen LogP contribution in [0.1, 0.15) is 37.5 Å². The number of ether oxygens (including phenoxy) is 3. The summed E-state index contributed by atoms with van der Waals surface area (Å²) in [5.41, 5.74) is 1.83. The van der Waals surface area contributed by atoms with Gasteiger partial charge < -0.3 is 19.3 Å². The van der Waals surface area contributed by atoms with Gasteiger partial charge >= 0.3 is 0 Å². The summed E-state index contributed by atoms with van der Waals surface area (Å²) in [6, 6.07) is 29.8. The van der Waals surface area contributed by atoms with Crippen LogP contribution in [0, 0.1) is 0 Å². The fraction of sp³-hybridized carbons (Fsp3) is 0.321. The molecule has 0 spiro atoms. The molecule has 1 heterocycles. The van der Waals surface area contributed by atoms with Crippen LogP contribution in [0.4, 0.5) is 0 Å². The van der Waals surface area contributed by atoms with Crippen molar-refractivity contribution in [1.29, 1.82) is 0 Å². The van der Waals surface area contributed by atoms with E-state index in [-0.39, 0.29) is 12.4 Å². The van der Waals surface area contributed by atoms with Gasteiger partial charge in [-0.05, 0) is 37.5 Å². The van der Waals surface area contributed by atoms with E-state index in [9.17, 15) is 9.90 Å². The third kappa shape index (κ3) is 4.77. The van der Waals surface area contributed by atoms with Gasteiger partial charge in [0, 0.05) is 0 Å². The van der Waals surface area contributed by atoms with E-state index in [2.05, 4.69) is 0 Å². The molecule has 0 aliphatic carbocycles. The van der Waals surface area contributed by atoms with Crippen molar-refractivity contribution in [2.45, 2.75) is 50.5 Å². The molecule has 0 aromatic heterocycles. The van der Waals surface area contributed by atoms with Crippen LogP contribution in [-0.2, 0) is 24.6 Å². The van der Waals surface area contributed by atoms with Crippen molar-refractivity contribution in [2.24, 2.45) is 0 Å². The molecular formula is C28H30O5. The van der Waals surface area contributed by atoms with Gasteiger partial charge in [-0.15, -0.1) is 0 Å². The first kappa shape index (κ1) is 23.3. The summed E-state index contributed by atoms with van der Waals surface area (Å²) in [6.45, 7) is 4.85. The maximum Gasteiger partial charge on any atom is 0.164 e. The molecule has 1 aliphatic rings. The number of benzene rings is 3. The summed E-state index contributed by atoms with van der Waals surface area (Å²) >= 11 is 0. The SMILES string of the molecule is CC(=O)[C@@H]1OC(C)(C)O[C@@H]1C(O)COC(c1ccccc1)(c1ccccc1)c1ccccc1. The number of aliphatic hydroxyl groups is 1. The standard InChI is InChI=1S/C28H30O5/c1-20(29)25-26(33-27(2,3)32-25)24(30)19-31-28(21-13-7-4-8-14-21,22-15-9-5-10-16-22)23-17-11-6-12-18-23/h4-18,24-26,30H,19H2,1-3H3/t24?,25-,26+/m0/s1. The number of Topliss-reactive ketones (excluding diaryl/α,β-unsaturated/α-hetero) is 1. The van der Waals surface area contributed by atoms with E-state index in [1.807, 2.05) is 91.0 Å². The molecule has 0 bridgehead atoms. The molecule has 1 aliphatic heterocycles. The Labute approximate surface area is 194 Å². The summed E-state index contributed by atoms with van der Waals surface area (Å²) in [5, 5.41) is 11.1. The molecule has 0 saturated carbocycles. The fourth-order valence-corrected chi connectivity index (χ4v) is 4.46. The van der Waals surface area contributed by atoms with E-state index < -0.39 is 29.7 Å². The number of ketones is 1. The van der Waals surface area contributed by atoms with Crippen molar-refractivity contribution in [3.05, 3.63) is 108 Å². The second kappa shape index (κ2) is 9.57. The van der Waals surface area contributed by atoms with Gasteiger partial charge in [0.05, 0.1) is 6.61 Å². The van der Waals surface area contributed by atoms with Gasteiger partial charge in [0.1, 0.15) is 23.9 Å². The summed E-state index contributed by atoms with van der Waals surface area (Å²) in [4.78, 5) is 12.2. The third-order valence-corrected chi connectivity index (χ3v) is 5.92. The highest BCUT2D eigenvalue weighted by Crippen LogP contribution is 2.41. The molecule has 3 atom stereocenters. The summed E-state index contributed by atoms with van der Waals surface area (Å²) in [6.07, 6.45) is -2.74. The Balaban J connectivity index is 1.74. The topological polar surface area (TPSA) is 65.0 Å². The van der Waals surface area contributed by atoms with Crippen LogP contribution in [0.2, 0.25) is 0 Å². The monoisotopic (exact) mass is 446 g/mol. The predicted molar refractivity (Wildman–Crippen MR) is 126 cm³/mol. The highest BCUT2D eigenvalue weighted by Gasteiger charge is 2.48. The van der Waals surface area contributed by atoms with Crippen molar-refractivity contribution in [2.75, 3.05) is 6.61 Å². The van der Waals surface area contributed by atoms with Crippen LogP contribution in [0.3, 0.4) is 0 Å². The maximum absolute atomic E-state index is 12.2. The van der Waals surface area contributed by atoms with Crippen molar-refractivity contribution >= 4 is 5.78 Å². The Morgan fingerprint density at radius 3 is 1.70 bits per heavy atom. The molecule has 33 heavy (non-hydrogen) atoms. The van der Waals surface area contributed by atoms with Crippen LogP contribution in [0.15, 0.2) is 91.0 Å². The fourth-order valence-electron chi connectivity index (χ4n) is 4.46. The predicted octanol–water partition coefficient (Wildman–Crippen LogP) is 4.47. The van der Waals surface area contributed by atoms with Crippen LogP contribution in [-0.4, -0.2) is 41.6 Å². The van der Waals surface area contributed by atoms with Crippen LogP contribution >= 0.6 is 0 Å². The summed E-state index contributed by atoms with van der Waals surface area (Å²) in [7, 11) is 0. The molecular weight excluding hydrogens is 416 g/mol. The first-order valence-electron chi connectivity index (χ1n) is 11.2. The van der Waals surface area contributed by atoms with Crippen molar-refractivity contribution in [1.82, 2.24) is 0 Å². The van der Waals surface area contributed by atoms with Gasteiger partial charge in [0.2, 0.25) is 0 Å². The largest absolute Gasteiger partial charge is 0.388 e. The minimum atomic E-state index is -1.07. The smallest absolute Gasteiger partial charge is 0.164 e. The van der Waals surface area contributed by atoms with Crippen LogP contribution in [0.25, 0.3) is 0 Å². The second-order valence-electron chi connectivity index (χ2n) is 8.79. The normalized spacial score (nSPS) is 21.0. The molecule has 4 rings (SSSR count). The Hall–Kier alpha value is -2.83. The zero-order chi connectivity index (χ0) is 23.5.